The standard InChI is InChI=1S/C43H86NO7.ClH/c1-5-7-9-11-13-15-17-19-20-21-22-24-26-28-30-32-34-50-43-42(48)41(47)40(46)39(51-43)37-49-36-38(45)35-44(3,4)33-31-29-27-25-23-18-16-14-12-10-8-6-2;/h19-20,38-43,45-48H,5-18,21-37H2,1-4H3;1H/q+1;/p-1/b20-19-;/t38?,39-,40-,41+,42-,43-;/m1./s1. The predicted molar refractivity (Wildman–Crippen MR) is 212 cm³/mol. The van der Waals surface area contributed by atoms with Crippen molar-refractivity contribution in [3.8, 4) is 0 Å². The SMILES string of the molecule is CCCCCCCC/C=C\CCCCCCCCO[C@@H]1O[C@H](COCC(O)C[N+](C)(C)CCCCCCCCCCCCCC)[C@@H](O)[C@H](O)[C@H]1O.[Cl-]. The number of hydrogen-bond acceptors (Lipinski definition) is 7. The minimum absolute atomic E-state index is 0. The van der Waals surface area contributed by atoms with Gasteiger partial charge in [-0.25, -0.2) is 0 Å². The van der Waals surface area contributed by atoms with Gasteiger partial charge in [0.1, 0.15) is 37.1 Å². The van der Waals surface area contributed by atoms with Crippen LogP contribution >= 0.6 is 0 Å². The van der Waals surface area contributed by atoms with Gasteiger partial charge in [-0.2, -0.15) is 0 Å². The second kappa shape index (κ2) is 35.1. The van der Waals surface area contributed by atoms with Gasteiger partial charge in [0.15, 0.2) is 6.29 Å². The lowest BCUT2D eigenvalue weighted by molar-refractivity contribution is -0.893. The Hall–Kier alpha value is -0.290. The van der Waals surface area contributed by atoms with Crippen LogP contribution in [0.25, 0.3) is 0 Å². The van der Waals surface area contributed by atoms with E-state index < -0.39 is 36.8 Å². The molecule has 0 spiro atoms. The Morgan fingerprint density at radius 2 is 1.04 bits per heavy atom. The van der Waals surface area contributed by atoms with Crippen molar-refractivity contribution in [1.82, 2.24) is 0 Å². The zero-order chi connectivity index (χ0) is 37.4. The molecule has 6 atom stereocenters. The van der Waals surface area contributed by atoms with Crippen LogP contribution in [0.5, 0.6) is 0 Å². The molecule has 1 rings (SSSR count). The van der Waals surface area contributed by atoms with E-state index in [1.807, 2.05) is 0 Å². The first-order valence-electron chi connectivity index (χ1n) is 21.8. The largest absolute Gasteiger partial charge is 1.00 e. The van der Waals surface area contributed by atoms with Gasteiger partial charge in [0.25, 0.3) is 0 Å². The molecule has 0 radical (unpaired) electrons. The highest BCUT2D eigenvalue weighted by molar-refractivity contribution is 4.89. The normalized spacial score (nSPS) is 21.5. The summed E-state index contributed by atoms with van der Waals surface area (Å²) in [5.74, 6) is 0. The van der Waals surface area contributed by atoms with E-state index in [4.69, 9.17) is 14.2 Å². The maximum atomic E-state index is 10.7. The second-order valence-corrected chi connectivity index (χ2v) is 16.2. The number of rotatable bonds is 36. The van der Waals surface area contributed by atoms with Gasteiger partial charge in [0.2, 0.25) is 0 Å². The quantitative estimate of drug-likeness (QED) is 0.0352. The molecule has 0 aromatic rings. The van der Waals surface area contributed by atoms with Crippen molar-refractivity contribution in [3.05, 3.63) is 12.2 Å². The molecule has 1 saturated heterocycles. The Morgan fingerprint density at radius 1 is 0.596 bits per heavy atom. The fourth-order valence-electron chi connectivity index (χ4n) is 7.16. The van der Waals surface area contributed by atoms with Gasteiger partial charge in [-0.3, -0.25) is 0 Å². The van der Waals surface area contributed by atoms with Crippen molar-refractivity contribution < 1.29 is 51.5 Å². The monoisotopic (exact) mass is 764 g/mol. The molecular formula is C43H86ClNO7. The van der Waals surface area contributed by atoms with Gasteiger partial charge in [0.05, 0.1) is 33.9 Å². The number of unbranched alkanes of at least 4 members (excludes halogenated alkanes) is 23. The molecule has 0 aliphatic carbocycles. The number of nitrogens with zero attached hydrogens (tertiary/aromatic N) is 1. The fourth-order valence-corrected chi connectivity index (χ4v) is 7.16. The Morgan fingerprint density at radius 3 is 1.54 bits per heavy atom. The molecule has 0 saturated carbocycles. The summed E-state index contributed by atoms with van der Waals surface area (Å²) in [6, 6.07) is 0. The summed E-state index contributed by atoms with van der Waals surface area (Å²) < 4.78 is 18.1. The highest BCUT2D eigenvalue weighted by Gasteiger charge is 2.44. The van der Waals surface area contributed by atoms with Crippen LogP contribution in [0.3, 0.4) is 0 Å². The number of quaternary nitrogens is 1. The van der Waals surface area contributed by atoms with Gasteiger partial charge >= 0.3 is 0 Å². The van der Waals surface area contributed by atoms with Crippen molar-refractivity contribution in [3.63, 3.8) is 0 Å². The summed E-state index contributed by atoms with van der Waals surface area (Å²) in [6.45, 7) is 6.66. The molecule has 1 aliphatic rings. The molecule has 4 N–H and O–H groups in total. The van der Waals surface area contributed by atoms with Crippen LogP contribution < -0.4 is 12.4 Å². The molecule has 0 bridgehead atoms. The van der Waals surface area contributed by atoms with Gasteiger partial charge in [-0.1, -0.05) is 148 Å². The Kier molecular flexibility index (Phi) is 35.0. The molecule has 1 fully saturated rings. The molecule has 0 amide bonds. The molecule has 1 unspecified atom stereocenters. The van der Waals surface area contributed by atoms with Crippen molar-refractivity contribution in [2.24, 2.45) is 0 Å². The first-order valence-corrected chi connectivity index (χ1v) is 21.8. The van der Waals surface area contributed by atoms with E-state index in [9.17, 15) is 20.4 Å². The smallest absolute Gasteiger partial charge is 0.186 e. The lowest BCUT2D eigenvalue weighted by Gasteiger charge is -2.40. The maximum absolute atomic E-state index is 10.7. The second-order valence-electron chi connectivity index (χ2n) is 16.2. The van der Waals surface area contributed by atoms with Gasteiger partial charge in [-0.05, 0) is 44.9 Å². The molecule has 9 heteroatoms. The molecule has 0 aromatic carbocycles. The van der Waals surface area contributed by atoms with Crippen molar-refractivity contribution in [2.45, 2.75) is 218 Å². The van der Waals surface area contributed by atoms with Crippen molar-refractivity contribution in [1.29, 1.82) is 0 Å². The lowest BCUT2D eigenvalue weighted by atomic mass is 9.99. The first-order chi connectivity index (χ1) is 24.7. The molecule has 0 aromatic heterocycles. The van der Waals surface area contributed by atoms with Crippen molar-refractivity contribution >= 4 is 0 Å². The third-order valence-corrected chi connectivity index (χ3v) is 10.5. The van der Waals surface area contributed by atoms with Gasteiger partial charge in [-0.15, -0.1) is 0 Å². The molecular weight excluding hydrogens is 678 g/mol. The number of aliphatic hydroxyl groups excluding tert-OH is 4. The number of allylic oxidation sites excluding steroid dienone is 2. The number of hydrogen-bond donors (Lipinski definition) is 4. The summed E-state index contributed by atoms with van der Waals surface area (Å²) in [4.78, 5) is 0. The summed E-state index contributed by atoms with van der Waals surface area (Å²) in [5, 5.41) is 42.0. The zero-order valence-electron chi connectivity index (χ0n) is 34.4. The van der Waals surface area contributed by atoms with Crippen LogP contribution in [-0.4, -0.2) is 109 Å². The van der Waals surface area contributed by atoms with Crippen molar-refractivity contribution in [2.75, 3.05) is 47.0 Å². The van der Waals surface area contributed by atoms with E-state index in [0.717, 1.165) is 36.7 Å². The van der Waals surface area contributed by atoms with E-state index in [0.29, 0.717) is 13.2 Å². The molecule has 52 heavy (non-hydrogen) atoms. The minimum Gasteiger partial charge on any atom is -1.00 e. The highest BCUT2D eigenvalue weighted by atomic mass is 35.5. The summed E-state index contributed by atoms with van der Waals surface area (Å²) in [5.41, 5.74) is 0. The molecule has 312 valence electrons. The van der Waals surface area contributed by atoms with Crippen LogP contribution in [0.2, 0.25) is 0 Å². The van der Waals surface area contributed by atoms with E-state index >= 15 is 0 Å². The molecule has 8 nitrogen and oxygen atoms in total. The Balaban J connectivity index is 0.0000260. The van der Waals surface area contributed by atoms with E-state index in [2.05, 4.69) is 40.1 Å². The minimum atomic E-state index is -1.38. The number of ether oxygens (including phenoxy) is 3. The third-order valence-electron chi connectivity index (χ3n) is 10.5. The maximum Gasteiger partial charge on any atom is 0.186 e. The van der Waals surface area contributed by atoms with Gasteiger partial charge in [0, 0.05) is 6.61 Å². The summed E-state index contributed by atoms with van der Waals surface area (Å²) in [7, 11) is 4.29. The molecule has 1 heterocycles. The van der Waals surface area contributed by atoms with E-state index in [-0.39, 0.29) is 25.6 Å². The topological polar surface area (TPSA) is 109 Å². The number of aliphatic hydroxyl groups is 4. The van der Waals surface area contributed by atoms with Gasteiger partial charge < -0.3 is 51.5 Å². The summed E-state index contributed by atoms with van der Waals surface area (Å²) >= 11 is 0. The third kappa shape index (κ3) is 28.2. The van der Waals surface area contributed by atoms with Crippen LogP contribution in [0, 0.1) is 0 Å². The lowest BCUT2D eigenvalue weighted by Crippen LogP contribution is -3.00. The van der Waals surface area contributed by atoms with E-state index in [1.54, 1.807) is 0 Å². The average molecular weight is 765 g/mol. The highest BCUT2D eigenvalue weighted by Crippen LogP contribution is 2.23. The Bertz CT molecular complexity index is 789. The average Bonchev–Trinajstić information content (AvgIpc) is 3.10. The fraction of sp³-hybridized carbons (Fsp3) is 0.953. The Labute approximate surface area is 327 Å². The van der Waals surface area contributed by atoms with Crippen LogP contribution in [-0.2, 0) is 14.2 Å². The van der Waals surface area contributed by atoms with E-state index in [1.165, 1.54) is 141 Å². The number of likely N-dealkylation sites (N-methyl/N-ethyl adjacent to an activating group) is 1. The predicted octanol–water partition coefficient (Wildman–Crippen LogP) is 6.01. The first kappa shape index (κ1) is 51.7. The zero-order valence-corrected chi connectivity index (χ0v) is 35.1. The molecule has 1 aliphatic heterocycles. The van der Waals surface area contributed by atoms with Crippen LogP contribution in [0.15, 0.2) is 12.2 Å². The summed E-state index contributed by atoms with van der Waals surface area (Å²) in [6.07, 6.45) is 31.4. The van der Waals surface area contributed by atoms with Crippen LogP contribution in [0.4, 0.5) is 0 Å². The number of halogens is 1. The van der Waals surface area contributed by atoms with Crippen LogP contribution in [0.1, 0.15) is 181 Å².